The van der Waals surface area contributed by atoms with Gasteiger partial charge < -0.3 is 15.0 Å². The first-order valence-corrected chi connectivity index (χ1v) is 7.19. The minimum Gasteiger partial charge on any atom is -0.399 e. The molecule has 110 valence electrons. The van der Waals surface area contributed by atoms with Gasteiger partial charge in [-0.2, -0.15) is 0 Å². The highest BCUT2D eigenvalue weighted by atomic mass is 16.7. The van der Waals surface area contributed by atoms with Gasteiger partial charge >= 0.3 is 7.12 Å². The quantitative estimate of drug-likeness (QED) is 0.633. The van der Waals surface area contributed by atoms with Crippen LogP contribution in [0.25, 0.3) is 0 Å². The molecule has 0 amide bonds. The van der Waals surface area contributed by atoms with Crippen LogP contribution in [0.15, 0.2) is 18.2 Å². The van der Waals surface area contributed by atoms with Gasteiger partial charge in [-0.25, -0.2) is 0 Å². The van der Waals surface area contributed by atoms with Crippen LogP contribution in [0.2, 0.25) is 0 Å². The molecular formula is C16H26BNO2. The predicted octanol–water partition coefficient (Wildman–Crippen LogP) is 2.87. The van der Waals surface area contributed by atoms with Gasteiger partial charge in [0.05, 0.1) is 11.2 Å². The summed E-state index contributed by atoms with van der Waals surface area (Å²) in [6.07, 6.45) is 0. The molecule has 1 aromatic rings. The molecule has 2 rings (SSSR count). The van der Waals surface area contributed by atoms with Crippen molar-refractivity contribution in [3.63, 3.8) is 0 Å². The molecule has 3 nitrogen and oxygen atoms in total. The molecule has 0 unspecified atom stereocenters. The molecule has 0 radical (unpaired) electrons. The van der Waals surface area contributed by atoms with Crippen LogP contribution in [0.4, 0.5) is 5.69 Å². The average molecular weight is 275 g/mol. The van der Waals surface area contributed by atoms with E-state index in [1.54, 1.807) is 0 Å². The zero-order valence-corrected chi connectivity index (χ0v) is 13.7. The van der Waals surface area contributed by atoms with E-state index in [0.29, 0.717) is 0 Å². The molecule has 0 bridgehead atoms. The van der Waals surface area contributed by atoms with Crippen molar-refractivity contribution in [1.29, 1.82) is 0 Å². The summed E-state index contributed by atoms with van der Waals surface area (Å²) in [5.74, 6) is 0. The lowest BCUT2D eigenvalue weighted by molar-refractivity contribution is 0.00578. The number of nitrogens with two attached hydrogens (primary N) is 1. The summed E-state index contributed by atoms with van der Waals surface area (Å²) in [5.41, 5.74) is 8.38. The Morgan fingerprint density at radius 3 is 1.90 bits per heavy atom. The summed E-state index contributed by atoms with van der Waals surface area (Å²) in [5, 5.41) is 0. The highest BCUT2D eigenvalue weighted by Crippen LogP contribution is 2.36. The van der Waals surface area contributed by atoms with Gasteiger partial charge in [0.25, 0.3) is 0 Å². The van der Waals surface area contributed by atoms with Crippen LogP contribution < -0.4 is 11.2 Å². The van der Waals surface area contributed by atoms with Gasteiger partial charge in [-0.15, -0.1) is 0 Å². The molecule has 0 saturated carbocycles. The van der Waals surface area contributed by atoms with E-state index in [1.165, 1.54) is 5.56 Å². The second-order valence-electron chi connectivity index (χ2n) is 7.73. The highest BCUT2D eigenvalue weighted by Gasteiger charge is 2.51. The molecule has 4 heteroatoms. The van der Waals surface area contributed by atoms with Gasteiger partial charge in [0, 0.05) is 5.69 Å². The predicted molar refractivity (Wildman–Crippen MR) is 85.3 cm³/mol. The van der Waals surface area contributed by atoms with Crippen LogP contribution in [0.5, 0.6) is 0 Å². The number of anilines is 1. The third-order valence-corrected chi connectivity index (χ3v) is 4.37. The van der Waals surface area contributed by atoms with E-state index in [-0.39, 0.29) is 23.7 Å². The van der Waals surface area contributed by atoms with Crippen LogP contribution >= 0.6 is 0 Å². The van der Waals surface area contributed by atoms with Gasteiger partial charge in [-0.3, -0.25) is 0 Å². The molecule has 1 heterocycles. The Labute approximate surface area is 123 Å². The first-order valence-electron chi connectivity index (χ1n) is 7.19. The van der Waals surface area contributed by atoms with Crippen molar-refractivity contribution < 1.29 is 9.31 Å². The molecular weight excluding hydrogens is 249 g/mol. The first kappa shape index (κ1) is 15.4. The largest absolute Gasteiger partial charge is 0.494 e. The summed E-state index contributed by atoms with van der Waals surface area (Å²) in [6.45, 7) is 14.8. The van der Waals surface area contributed by atoms with Crippen molar-refractivity contribution in [3.8, 4) is 0 Å². The smallest absolute Gasteiger partial charge is 0.399 e. The zero-order chi connectivity index (χ0) is 15.3. The monoisotopic (exact) mass is 275 g/mol. The molecule has 1 aliphatic heterocycles. The fourth-order valence-corrected chi connectivity index (χ4v) is 2.22. The summed E-state index contributed by atoms with van der Waals surface area (Å²) in [6, 6.07) is 6.10. The fourth-order valence-electron chi connectivity index (χ4n) is 2.22. The van der Waals surface area contributed by atoms with Crippen molar-refractivity contribution in [2.75, 3.05) is 5.73 Å². The highest BCUT2D eigenvalue weighted by molar-refractivity contribution is 6.62. The third kappa shape index (κ3) is 2.72. The van der Waals surface area contributed by atoms with E-state index >= 15 is 0 Å². The average Bonchev–Trinajstić information content (AvgIpc) is 2.46. The summed E-state index contributed by atoms with van der Waals surface area (Å²) in [4.78, 5) is 0. The van der Waals surface area contributed by atoms with Crippen molar-refractivity contribution in [2.45, 2.75) is 65.1 Å². The van der Waals surface area contributed by atoms with Crippen molar-refractivity contribution in [2.24, 2.45) is 0 Å². The molecule has 0 spiro atoms. The van der Waals surface area contributed by atoms with E-state index in [1.807, 2.05) is 12.1 Å². The Morgan fingerprint density at radius 2 is 1.45 bits per heavy atom. The normalized spacial score (nSPS) is 21.2. The van der Waals surface area contributed by atoms with E-state index in [9.17, 15) is 0 Å². The van der Waals surface area contributed by atoms with Crippen LogP contribution in [0.1, 0.15) is 54.0 Å². The van der Waals surface area contributed by atoms with Gasteiger partial charge in [-0.1, -0.05) is 26.8 Å². The molecule has 1 saturated heterocycles. The van der Waals surface area contributed by atoms with Gasteiger partial charge in [0.15, 0.2) is 0 Å². The first-order chi connectivity index (χ1) is 8.92. The summed E-state index contributed by atoms with van der Waals surface area (Å²) < 4.78 is 12.2. The maximum atomic E-state index is 6.09. The van der Waals surface area contributed by atoms with Crippen molar-refractivity contribution in [3.05, 3.63) is 23.8 Å². The second-order valence-corrected chi connectivity index (χ2v) is 7.73. The van der Waals surface area contributed by atoms with Crippen molar-refractivity contribution >= 4 is 18.3 Å². The number of nitrogen functional groups attached to an aromatic ring is 1. The zero-order valence-electron chi connectivity index (χ0n) is 13.7. The minimum atomic E-state index is -0.357. The van der Waals surface area contributed by atoms with Crippen LogP contribution in [-0.4, -0.2) is 18.3 Å². The number of rotatable bonds is 1. The van der Waals surface area contributed by atoms with Gasteiger partial charge in [0.1, 0.15) is 0 Å². The van der Waals surface area contributed by atoms with Crippen LogP contribution in [0.3, 0.4) is 0 Å². The topological polar surface area (TPSA) is 44.5 Å². The van der Waals surface area contributed by atoms with Crippen molar-refractivity contribution in [1.82, 2.24) is 0 Å². The summed E-state index contributed by atoms with van der Waals surface area (Å²) in [7, 11) is -0.357. The molecule has 0 atom stereocenters. The second kappa shape index (κ2) is 4.50. The molecule has 0 aliphatic carbocycles. The minimum absolute atomic E-state index is 0.0494. The van der Waals surface area contributed by atoms with Gasteiger partial charge in [0.2, 0.25) is 0 Å². The van der Waals surface area contributed by atoms with Gasteiger partial charge in [-0.05, 0) is 56.3 Å². The fraction of sp³-hybridized carbons (Fsp3) is 0.625. The lowest BCUT2D eigenvalue weighted by atomic mass is 9.75. The molecule has 1 aromatic carbocycles. The molecule has 0 aromatic heterocycles. The SMILES string of the molecule is CC(C)(C)c1cc(N)cc(B2OC(C)(C)C(C)(C)O2)c1. The standard InChI is InChI=1S/C16H26BNO2/c1-14(2,3)11-8-12(10-13(18)9-11)17-19-15(4,5)16(6,7)20-17/h8-10H,18H2,1-7H3. The molecule has 20 heavy (non-hydrogen) atoms. The van der Waals surface area contributed by atoms with Crippen LogP contribution in [0, 0.1) is 0 Å². The maximum Gasteiger partial charge on any atom is 0.494 e. The lowest BCUT2D eigenvalue weighted by Crippen LogP contribution is -2.41. The molecule has 1 fully saturated rings. The lowest BCUT2D eigenvalue weighted by Gasteiger charge is -2.32. The van der Waals surface area contributed by atoms with E-state index in [0.717, 1.165) is 11.2 Å². The van der Waals surface area contributed by atoms with E-state index < -0.39 is 0 Å². The maximum absolute atomic E-state index is 6.09. The Hall–Kier alpha value is -0.995. The Balaban J connectivity index is 2.38. The Kier molecular flexibility index (Phi) is 3.47. The molecule has 2 N–H and O–H groups in total. The Bertz CT molecular complexity index is 502. The van der Waals surface area contributed by atoms with E-state index in [4.69, 9.17) is 15.0 Å². The Morgan fingerprint density at radius 1 is 0.950 bits per heavy atom. The van der Waals surface area contributed by atoms with E-state index in [2.05, 4.69) is 54.5 Å². The number of hydrogen-bond donors (Lipinski definition) is 1. The summed E-state index contributed by atoms with van der Waals surface area (Å²) >= 11 is 0. The number of benzene rings is 1. The third-order valence-electron chi connectivity index (χ3n) is 4.37. The number of hydrogen-bond acceptors (Lipinski definition) is 3. The van der Waals surface area contributed by atoms with Crippen LogP contribution in [-0.2, 0) is 14.7 Å². The molecule has 1 aliphatic rings.